The number of carbonyl (C=O) groups excluding carboxylic acids is 1. The summed E-state index contributed by atoms with van der Waals surface area (Å²) in [6.07, 6.45) is 3.26. The van der Waals surface area contributed by atoms with E-state index >= 15 is 0 Å². The van der Waals surface area contributed by atoms with Crippen molar-refractivity contribution in [3.05, 3.63) is 70.8 Å². The van der Waals surface area contributed by atoms with Crippen LogP contribution in [-0.2, 0) is 15.6 Å². The van der Waals surface area contributed by atoms with E-state index in [0.29, 0.717) is 5.75 Å². The molecule has 0 saturated carbocycles. The molecule has 0 aliphatic heterocycles. The lowest BCUT2D eigenvalue weighted by atomic mass is 9.80. The predicted octanol–water partition coefficient (Wildman–Crippen LogP) is 6.21. The fourth-order valence-corrected chi connectivity index (χ4v) is 2.66. The highest BCUT2D eigenvalue weighted by molar-refractivity contribution is 5.89. The zero-order chi connectivity index (χ0) is 19.5. The van der Waals surface area contributed by atoms with Gasteiger partial charge in [0.2, 0.25) is 0 Å². The van der Waals surface area contributed by atoms with Gasteiger partial charge in [-0.1, -0.05) is 83.5 Å². The van der Waals surface area contributed by atoms with E-state index in [1.165, 1.54) is 17.2 Å². The number of hydrogen-bond donors (Lipinski definition) is 0. The minimum atomic E-state index is -0.361. The molecule has 0 atom stereocenters. The van der Waals surface area contributed by atoms with Gasteiger partial charge in [-0.05, 0) is 41.0 Å². The Balaban J connectivity index is 2.25. The Morgan fingerprint density at radius 3 is 2.04 bits per heavy atom. The van der Waals surface area contributed by atoms with E-state index in [-0.39, 0.29) is 16.8 Å². The molecule has 0 heterocycles. The van der Waals surface area contributed by atoms with Crippen molar-refractivity contribution in [2.75, 3.05) is 0 Å². The van der Waals surface area contributed by atoms with Crippen molar-refractivity contribution in [2.24, 2.45) is 0 Å². The van der Waals surface area contributed by atoms with E-state index < -0.39 is 0 Å². The van der Waals surface area contributed by atoms with E-state index in [4.69, 9.17) is 4.74 Å². The maximum atomic E-state index is 12.3. The highest BCUT2D eigenvalue weighted by Gasteiger charge is 2.23. The Bertz CT molecular complexity index is 798. The molecular formula is C24H30O2. The first-order valence-corrected chi connectivity index (χ1v) is 9.08. The van der Waals surface area contributed by atoms with Gasteiger partial charge in [0.25, 0.3) is 0 Å². The second-order valence-corrected chi connectivity index (χ2v) is 8.88. The van der Waals surface area contributed by atoms with Crippen LogP contribution in [0, 0.1) is 6.92 Å². The lowest BCUT2D eigenvalue weighted by Gasteiger charge is -2.26. The lowest BCUT2D eigenvalue weighted by molar-refractivity contribution is -0.128. The van der Waals surface area contributed by atoms with E-state index in [2.05, 4.69) is 47.6 Å². The van der Waals surface area contributed by atoms with Crippen LogP contribution >= 0.6 is 0 Å². The molecule has 0 radical (unpaired) electrons. The fraction of sp³-hybridized carbons (Fsp3) is 0.375. The monoisotopic (exact) mass is 350 g/mol. The third-order valence-corrected chi connectivity index (χ3v) is 4.35. The van der Waals surface area contributed by atoms with Gasteiger partial charge in [0.1, 0.15) is 5.75 Å². The number of esters is 1. The third-order valence-electron chi connectivity index (χ3n) is 4.35. The molecule has 2 heteroatoms. The molecule has 0 spiro atoms. The van der Waals surface area contributed by atoms with Crippen LogP contribution in [0.1, 0.15) is 63.8 Å². The Morgan fingerprint density at radius 2 is 1.50 bits per heavy atom. The normalized spacial score (nSPS) is 12.4. The minimum absolute atomic E-state index is 0.0495. The van der Waals surface area contributed by atoms with Gasteiger partial charge in [-0.25, -0.2) is 4.79 Å². The first-order chi connectivity index (χ1) is 12.0. The summed E-state index contributed by atoms with van der Waals surface area (Å²) in [6.45, 7) is 15.0. The third kappa shape index (κ3) is 5.32. The quantitative estimate of drug-likeness (QED) is 0.374. The molecule has 2 aromatic rings. The average Bonchev–Trinajstić information content (AvgIpc) is 2.52. The smallest absolute Gasteiger partial charge is 0.336 e. The minimum Gasteiger partial charge on any atom is -0.423 e. The van der Waals surface area contributed by atoms with Gasteiger partial charge in [-0.2, -0.15) is 0 Å². The molecule has 0 amide bonds. The van der Waals surface area contributed by atoms with Gasteiger partial charge in [0.15, 0.2) is 0 Å². The Kier molecular flexibility index (Phi) is 5.75. The maximum absolute atomic E-state index is 12.3. The van der Waals surface area contributed by atoms with E-state index in [1.807, 2.05) is 43.3 Å². The van der Waals surface area contributed by atoms with Crippen LogP contribution in [0.15, 0.2) is 48.5 Å². The van der Waals surface area contributed by atoms with Crippen molar-refractivity contribution >= 4 is 12.0 Å². The Labute approximate surface area is 157 Å². The summed E-state index contributed by atoms with van der Waals surface area (Å²) < 4.78 is 5.66. The molecule has 0 unspecified atom stereocenters. The molecule has 0 saturated heterocycles. The highest BCUT2D eigenvalue weighted by atomic mass is 16.5. The Hall–Kier alpha value is -2.35. The molecule has 2 aromatic carbocycles. The van der Waals surface area contributed by atoms with Gasteiger partial charge < -0.3 is 4.74 Å². The standard InChI is InChI=1S/C24H30O2/c1-17-8-10-18(11-9-17)12-15-22(25)26-21-14-13-19(23(2,3)4)16-20(21)24(5,6)7/h8-16H,1-7H3/b15-12+. The summed E-state index contributed by atoms with van der Waals surface area (Å²) in [5, 5.41) is 0. The SMILES string of the molecule is Cc1ccc(/C=C/C(=O)Oc2ccc(C(C)(C)C)cc2C(C)(C)C)cc1. The molecule has 0 N–H and O–H groups in total. The summed E-state index contributed by atoms with van der Waals surface area (Å²) in [6, 6.07) is 14.1. The van der Waals surface area contributed by atoms with Gasteiger partial charge in [0, 0.05) is 11.6 Å². The molecule has 2 nitrogen and oxygen atoms in total. The Morgan fingerprint density at radius 1 is 0.885 bits per heavy atom. The lowest BCUT2D eigenvalue weighted by Crippen LogP contribution is -2.18. The van der Waals surface area contributed by atoms with Crippen molar-refractivity contribution in [3.63, 3.8) is 0 Å². The summed E-state index contributed by atoms with van der Waals surface area (Å²) in [5.74, 6) is 0.267. The van der Waals surface area contributed by atoms with Crippen molar-refractivity contribution in [1.29, 1.82) is 0 Å². The van der Waals surface area contributed by atoms with Crippen molar-refractivity contribution in [2.45, 2.75) is 59.3 Å². The summed E-state index contributed by atoms with van der Waals surface area (Å²) >= 11 is 0. The number of hydrogen-bond acceptors (Lipinski definition) is 2. The first kappa shape index (κ1) is 20.0. The van der Waals surface area contributed by atoms with Crippen LogP contribution in [0.2, 0.25) is 0 Å². The van der Waals surface area contributed by atoms with Crippen LogP contribution in [0.3, 0.4) is 0 Å². The van der Waals surface area contributed by atoms with Crippen LogP contribution in [0.5, 0.6) is 5.75 Å². The van der Waals surface area contributed by atoms with Crippen LogP contribution in [-0.4, -0.2) is 5.97 Å². The number of aryl methyl sites for hydroxylation is 1. The molecule has 0 aliphatic carbocycles. The molecule has 26 heavy (non-hydrogen) atoms. The molecule has 138 valence electrons. The molecule has 0 bridgehead atoms. The summed E-state index contributed by atoms with van der Waals surface area (Å²) in [4.78, 5) is 12.3. The molecular weight excluding hydrogens is 320 g/mol. The number of benzene rings is 2. The summed E-state index contributed by atoms with van der Waals surface area (Å²) in [5.41, 5.74) is 4.38. The van der Waals surface area contributed by atoms with Gasteiger partial charge in [0.05, 0.1) is 0 Å². The van der Waals surface area contributed by atoms with Crippen molar-refractivity contribution in [3.8, 4) is 5.75 Å². The number of carbonyl (C=O) groups is 1. The predicted molar refractivity (Wildman–Crippen MR) is 110 cm³/mol. The van der Waals surface area contributed by atoms with Crippen LogP contribution in [0.25, 0.3) is 6.08 Å². The second kappa shape index (κ2) is 7.49. The van der Waals surface area contributed by atoms with Crippen LogP contribution in [0.4, 0.5) is 0 Å². The van der Waals surface area contributed by atoms with Gasteiger partial charge in [-0.3, -0.25) is 0 Å². The van der Waals surface area contributed by atoms with Crippen LogP contribution < -0.4 is 4.74 Å². The van der Waals surface area contributed by atoms with E-state index in [1.54, 1.807) is 6.08 Å². The fourth-order valence-electron chi connectivity index (χ4n) is 2.66. The highest BCUT2D eigenvalue weighted by Crippen LogP contribution is 2.35. The largest absolute Gasteiger partial charge is 0.423 e. The maximum Gasteiger partial charge on any atom is 0.336 e. The number of ether oxygens (including phenoxy) is 1. The summed E-state index contributed by atoms with van der Waals surface area (Å²) in [7, 11) is 0. The second-order valence-electron chi connectivity index (χ2n) is 8.88. The van der Waals surface area contributed by atoms with Gasteiger partial charge >= 0.3 is 5.97 Å². The van der Waals surface area contributed by atoms with E-state index in [9.17, 15) is 4.79 Å². The molecule has 2 rings (SSSR count). The average molecular weight is 351 g/mol. The molecule has 0 aliphatic rings. The molecule has 0 aromatic heterocycles. The van der Waals surface area contributed by atoms with Gasteiger partial charge in [-0.15, -0.1) is 0 Å². The zero-order valence-corrected chi connectivity index (χ0v) is 17.0. The molecule has 0 fully saturated rings. The van der Waals surface area contributed by atoms with Crippen molar-refractivity contribution in [1.82, 2.24) is 0 Å². The first-order valence-electron chi connectivity index (χ1n) is 9.08. The zero-order valence-electron chi connectivity index (χ0n) is 17.0. The number of rotatable bonds is 3. The van der Waals surface area contributed by atoms with Crippen molar-refractivity contribution < 1.29 is 9.53 Å². The van der Waals surface area contributed by atoms with E-state index in [0.717, 1.165) is 11.1 Å². The topological polar surface area (TPSA) is 26.3 Å².